The van der Waals surface area contributed by atoms with Crippen LogP contribution in [0.3, 0.4) is 0 Å². The van der Waals surface area contributed by atoms with Crippen molar-refractivity contribution in [3.63, 3.8) is 0 Å². The Kier molecular flexibility index (Phi) is 2.78. The largest absolute Gasteiger partial charge is 0.359 e. The second kappa shape index (κ2) is 3.76. The third-order valence-corrected chi connectivity index (χ3v) is 4.51. The number of nitrogens with zero attached hydrogens (tertiary/aromatic N) is 1. The van der Waals surface area contributed by atoms with Crippen LogP contribution >= 0.6 is 11.8 Å². The van der Waals surface area contributed by atoms with E-state index in [2.05, 4.69) is 26.1 Å². The van der Waals surface area contributed by atoms with Crippen LogP contribution in [-0.2, 0) is 0 Å². The molecule has 14 heavy (non-hydrogen) atoms. The van der Waals surface area contributed by atoms with Gasteiger partial charge < -0.3 is 5.32 Å². The fourth-order valence-electron chi connectivity index (χ4n) is 1.89. The molecule has 0 bridgehead atoms. The van der Waals surface area contributed by atoms with E-state index in [-0.39, 0.29) is 5.54 Å². The van der Waals surface area contributed by atoms with E-state index in [9.17, 15) is 0 Å². The van der Waals surface area contributed by atoms with Gasteiger partial charge in [0.25, 0.3) is 0 Å². The van der Waals surface area contributed by atoms with Crippen molar-refractivity contribution >= 4 is 16.9 Å². The summed E-state index contributed by atoms with van der Waals surface area (Å²) < 4.78 is 0. The Morgan fingerprint density at radius 2 is 2.21 bits per heavy atom. The highest BCUT2D eigenvalue weighted by Crippen LogP contribution is 2.32. The van der Waals surface area contributed by atoms with Crippen molar-refractivity contribution in [3.8, 4) is 0 Å². The lowest BCUT2D eigenvalue weighted by atomic mass is 9.81. The second-order valence-electron chi connectivity index (χ2n) is 5.16. The highest BCUT2D eigenvalue weighted by Gasteiger charge is 2.29. The Hall–Kier alpha value is -0.180. The summed E-state index contributed by atoms with van der Waals surface area (Å²) in [5, 5.41) is 4.64. The van der Waals surface area contributed by atoms with Gasteiger partial charge in [-0.2, -0.15) is 0 Å². The van der Waals surface area contributed by atoms with Gasteiger partial charge in [-0.05, 0) is 39.5 Å². The third kappa shape index (κ3) is 2.25. The molecule has 1 atom stereocenters. The Labute approximate surface area is 90.9 Å². The van der Waals surface area contributed by atoms with Gasteiger partial charge in [0.05, 0.1) is 6.04 Å². The molecule has 1 aliphatic carbocycles. The lowest BCUT2D eigenvalue weighted by molar-refractivity contribution is 0.274. The van der Waals surface area contributed by atoms with E-state index in [0.29, 0.717) is 6.04 Å². The van der Waals surface area contributed by atoms with E-state index < -0.39 is 0 Å². The molecule has 1 unspecified atom stereocenters. The normalized spacial score (nSPS) is 31.2. The van der Waals surface area contributed by atoms with Gasteiger partial charge in [-0.1, -0.05) is 18.2 Å². The molecule has 2 fully saturated rings. The zero-order chi connectivity index (χ0) is 10.2. The molecular weight excluding hydrogens is 192 g/mol. The Morgan fingerprint density at radius 3 is 2.64 bits per heavy atom. The van der Waals surface area contributed by atoms with Crippen molar-refractivity contribution in [1.29, 1.82) is 0 Å². The van der Waals surface area contributed by atoms with Crippen molar-refractivity contribution in [3.05, 3.63) is 0 Å². The van der Waals surface area contributed by atoms with Crippen LogP contribution in [0.2, 0.25) is 0 Å². The van der Waals surface area contributed by atoms with Crippen molar-refractivity contribution < 1.29 is 0 Å². The van der Waals surface area contributed by atoms with Crippen LogP contribution < -0.4 is 5.32 Å². The zero-order valence-corrected chi connectivity index (χ0v) is 10.2. The monoisotopic (exact) mass is 212 g/mol. The average molecular weight is 212 g/mol. The third-order valence-electron chi connectivity index (χ3n) is 3.17. The topological polar surface area (TPSA) is 24.4 Å². The van der Waals surface area contributed by atoms with Crippen molar-refractivity contribution in [1.82, 2.24) is 5.32 Å². The Bertz CT molecular complexity index is 244. The number of nitrogens with one attached hydrogen (secondary N) is 1. The fourth-order valence-corrected chi connectivity index (χ4v) is 3.05. The summed E-state index contributed by atoms with van der Waals surface area (Å²) in [6.07, 6.45) is 4.17. The molecule has 2 aliphatic rings. The maximum atomic E-state index is 4.76. The molecule has 0 aromatic carbocycles. The van der Waals surface area contributed by atoms with E-state index in [0.717, 1.165) is 16.8 Å². The summed E-state index contributed by atoms with van der Waals surface area (Å²) in [4.78, 5) is 4.76. The minimum Gasteiger partial charge on any atom is -0.359 e. The van der Waals surface area contributed by atoms with Crippen LogP contribution in [0.1, 0.15) is 40.0 Å². The molecule has 1 aliphatic heterocycles. The maximum absolute atomic E-state index is 4.76. The lowest BCUT2D eigenvalue weighted by Gasteiger charge is -2.29. The minimum absolute atomic E-state index is 0.239. The standard InChI is InChI=1S/C11H20N2S/c1-8(9-5-4-6-9)12-10-13-11(2,3)7-14-10/h8-9H,4-7H2,1-3H3,(H,12,13). The first-order valence-corrected chi connectivity index (χ1v) is 6.54. The van der Waals surface area contributed by atoms with E-state index in [1.54, 1.807) is 0 Å². The van der Waals surface area contributed by atoms with Crippen LogP contribution in [0, 0.1) is 5.92 Å². The molecule has 80 valence electrons. The van der Waals surface area contributed by atoms with Gasteiger partial charge >= 0.3 is 0 Å². The molecule has 1 saturated carbocycles. The maximum Gasteiger partial charge on any atom is 0.157 e. The Balaban J connectivity index is 1.91. The quantitative estimate of drug-likeness (QED) is 0.761. The van der Waals surface area contributed by atoms with Crippen molar-refractivity contribution in [2.75, 3.05) is 5.75 Å². The molecule has 0 amide bonds. The number of thioether (sulfide) groups is 1. The second-order valence-corrected chi connectivity index (χ2v) is 6.13. The van der Waals surface area contributed by atoms with E-state index in [4.69, 9.17) is 4.99 Å². The zero-order valence-electron chi connectivity index (χ0n) is 9.34. The van der Waals surface area contributed by atoms with Crippen LogP contribution in [0.15, 0.2) is 4.99 Å². The van der Waals surface area contributed by atoms with Crippen LogP contribution in [0.5, 0.6) is 0 Å². The van der Waals surface area contributed by atoms with Crippen LogP contribution in [0.4, 0.5) is 0 Å². The molecule has 0 spiro atoms. The number of rotatable bonds is 2. The van der Waals surface area contributed by atoms with E-state index >= 15 is 0 Å². The minimum atomic E-state index is 0.239. The highest BCUT2D eigenvalue weighted by atomic mass is 32.2. The summed E-state index contributed by atoms with van der Waals surface area (Å²) in [6.45, 7) is 6.72. The van der Waals surface area contributed by atoms with Gasteiger partial charge in [-0.15, -0.1) is 0 Å². The Morgan fingerprint density at radius 1 is 1.50 bits per heavy atom. The molecular formula is C11H20N2S. The molecule has 1 N–H and O–H groups in total. The highest BCUT2D eigenvalue weighted by molar-refractivity contribution is 8.14. The van der Waals surface area contributed by atoms with Gasteiger partial charge in [-0.25, -0.2) is 0 Å². The lowest BCUT2D eigenvalue weighted by Crippen LogP contribution is -2.37. The average Bonchev–Trinajstić information content (AvgIpc) is 2.25. The number of hydrogen-bond acceptors (Lipinski definition) is 2. The van der Waals surface area contributed by atoms with Gasteiger partial charge in [-0.3, -0.25) is 4.99 Å². The molecule has 0 radical (unpaired) electrons. The first-order valence-electron chi connectivity index (χ1n) is 5.56. The smallest absolute Gasteiger partial charge is 0.157 e. The van der Waals surface area contributed by atoms with Crippen molar-refractivity contribution in [2.45, 2.75) is 51.6 Å². The molecule has 0 aromatic heterocycles. The summed E-state index contributed by atoms with van der Waals surface area (Å²) in [7, 11) is 0. The molecule has 0 aromatic rings. The first kappa shape index (κ1) is 10.3. The molecule has 3 heteroatoms. The molecule has 2 nitrogen and oxygen atoms in total. The predicted molar refractivity (Wildman–Crippen MR) is 63.9 cm³/mol. The van der Waals surface area contributed by atoms with Gasteiger partial charge in [0.2, 0.25) is 0 Å². The van der Waals surface area contributed by atoms with Gasteiger partial charge in [0.15, 0.2) is 5.17 Å². The van der Waals surface area contributed by atoms with Gasteiger partial charge in [0.1, 0.15) is 0 Å². The van der Waals surface area contributed by atoms with Gasteiger partial charge in [0, 0.05) is 11.3 Å². The predicted octanol–water partition coefficient (Wildman–Crippen LogP) is 2.65. The SMILES string of the molecule is CC(N=C1NC(C)(C)CS1)C1CCC1. The van der Waals surface area contributed by atoms with Crippen molar-refractivity contribution in [2.24, 2.45) is 10.9 Å². The number of hydrogen-bond donors (Lipinski definition) is 1. The summed E-state index contributed by atoms with van der Waals surface area (Å²) >= 11 is 1.87. The van der Waals surface area contributed by atoms with E-state index in [1.165, 1.54) is 19.3 Å². The molecule has 1 saturated heterocycles. The first-order chi connectivity index (χ1) is 6.57. The summed E-state index contributed by atoms with van der Waals surface area (Å²) in [5.41, 5.74) is 0.239. The summed E-state index contributed by atoms with van der Waals surface area (Å²) in [6, 6.07) is 0.521. The summed E-state index contributed by atoms with van der Waals surface area (Å²) in [5.74, 6) is 2.00. The van der Waals surface area contributed by atoms with E-state index in [1.807, 2.05) is 11.8 Å². The molecule has 2 rings (SSSR count). The number of aliphatic imine (C=N–C) groups is 1. The van der Waals surface area contributed by atoms with Crippen LogP contribution in [-0.4, -0.2) is 22.5 Å². The molecule has 1 heterocycles. The van der Waals surface area contributed by atoms with Crippen LogP contribution in [0.25, 0.3) is 0 Å². The fraction of sp³-hybridized carbons (Fsp3) is 0.909. The number of amidine groups is 1.